The zero-order valence-corrected chi connectivity index (χ0v) is 9.33. The van der Waals surface area contributed by atoms with Crippen LogP contribution in [0.2, 0.25) is 0 Å². The molecule has 90 valence electrons. The van der Waals surface area contributed by atoms with Gasteiger partial charge in [-0.25, -0.2) is 8.78 Å². The van der Waals surface area contributed by atoms with Crippen LogP contribution >= 0.6 is 0 Å². The highest BCUT2D eigenvalue weighted by Gasteiger charge is 2.27. The smallest absolute Gasteiger partial charge is 0.223 e. The van der Waals surface area contributed by atoms with Gasteiger partial charge in [0.1, 0.15) is 0 Å². The van der Waals surface area contributed by atoms with Crippen LogP contribution in [0.1, 0.15) is 12.0 Å². The molecule has 1 aliphatic heterocycles. The number of carbonyl (C=O) groups excluding carboxylic acids is 1. The maximum absolute atomic E-state index is 13.0. The van der Waals surface area contributed by atoms with Crippen molar-refractivity contribution in [1.82, 2.24) is 4.90 Å². The third-order valence-corrected chi connectivity index (χ3v) is 2.94. The fourth-order valence-corrected chi connectivity index (χ4v) is 1.97. The van der Waals surface area contributed by atoms with Crippen LogP contribution in [0.25, 0.3) is 0 Å². The van der Waals surface area contributed by atoms with E-state index in [2.05, 4.69) is 6.58 Å². The van der Waals surface area contributed by atoms with Crippen molar-refractivity contribution in [3.05, 3.63) is 48.1 Å². The first-order valence-corrected chi connectivity index (χ1v) is 5.44. The molecule has 17 heavy (non-hydrogen) atoms. The summed E-state index contributed by atoms with van der Waals surface area (Å²) in [5.74, 6) is -1.56. The van der Waals surface area contributed by atoms with Crippen LogP contribution in [-0.2, 0) is 11.3 Å². The van der Waals surface area contributed by atoms with Gasteiger partial charge in [0.25, 0.3) is 0 Å². The van der Waals surface area contributed by atoms with Gasteiger partial charge in [-0.1, -0.05) is 12.1 Å². The lowest BCUT2D eigenvalue weighted by Crippen LogP contribution is -2.24. The van der Waals surface area contributed by atoms with E-state index >= 15 is 0 Å². The van der Waals surface area contributed by atoms with Gasteiger partial charge in [-0.15, -0.1) is 6.58 Å². The summed E-state index contributed by atoms with van der Waals surface area (Å²) in [5, 5.41) is 0. The Hall–Kier alpha value is -1.71. The van der Waals surface area contributed by atoms with Crippen molar-refractivity contribution in [1.29, 1.82) is 0 Å². The van der Waals surface area contributed by atoms with E-state index in [0.717, 1.165) is 12.1 Å². The largest absolute Gasteiger partial charge is 0.338 e. The SMILES string of the molecule is C=CC1CC(=O)N(Cc2ccc(F)c(F)c2)C1. The Kier molecular flexibility index (Phi) is 3.22. The standard InChI is InChI=1S/C13H13F2NO/c1-2-9-6-13(17)16(7-9)8-10-3-4-11(14)12(15)5-10/h2-5,9H,1,6-8H2. The Morgan fingerprint density at radius 1 is 1.41 bits per heavy atom. The molecule has 1 aliphatic rings. The molecule has 1 saturated heterocycles. The molecule has 4 heteroatoms. The van der Waals surface area contributed by atoms with Crippen LogP contribution in [-0.4, -0.2) is 17.4 Å². The van der Waals surface area contributed by atoms with Crippen LogP contribution in [0.15, 0.2) is 30.9 Å². The molecule has 1 atom stereocenters. The maximum Gasteiger partial charge on any atom is 0.223 e. The highest BCUT2D eigenvalue weighted by Crippen LogP contribution is 2.21. The monoisotopic (exact) mass is 237 g/mol. The van der Waals surface area contributed by atoms with Crippen LogP contribution in [0.3, 0.4) is 0 Å². The second-order valence-electron chi connectivity index (χ2n) is 4.22. The second-order valence-corrected chi connectivity index (χ2v) is 4.22. The predicted octanol–water partition coefficient (Wildman–Crippen LogP) is 2.50. The number of halogens is 2. The van der Waals surface area contributed by atoms with Crippen molar-refractivity contribution in [2.24, 2.45) is 5.92 Å². The summed E-state index contributed by atoms with van der Waals surface area (Å²) in [6.45, 7) is 4.57. The van der Waals surface area contributed by atoms with E-state index < -0.39 is 11.6 Å². The molecule has 0 bridgehead atoms. The van der Waals surface area contributed by atoms with Crippen LogP contribution in [0.4, 0.5) is 8.78 Å². The lowest BCUT2D eigenvalue weighted by Gasteiger charge is -2.16. The van der Waals surface area contributed by atoms with Gasteiger partial charge in [0.2, 0.25) is 5.91 Å². The zero-order chi connectivity index (χ0) is 12.4. The molecule has 1 unspecified atom stereocenters. The number of carbonyl (C=O) groups is 1. The maximum atomic E-state index is 13.0. The summed E-state index contributed by atoms with van der Waals surface area (Å²) in [7, 11) is 0. The van der Waals surface area contributed by atoms with Crippen molar-refractivity contribution in [2.75, 3.05) is 6.54 Å². The molecule has 1 heterocycles. The van der Waals surface area contributed by atoms with E-state index in [-0.39, 0.29) is 11.8 Å². The molecular formula is C13H13F2NO. The lowest BCUT2D eigenvalue weighted by molar-refractivity contribution is -0.128. The predicted molar refractivity (Wildman–Crippen MR) is 60.1 cm³/mol. The molecule has 0 aliphatic carbocycles. The van der Waals surface area contributed by atoms with Gasteiger partial charge in [0, 0.05) is 25.4 Å². The minimum Gasteiger partial charge on any atom is -0.338 e. The van der Waals surface area contributed by atoms with Gasteiger partial charge in [-0.2, -0.15) is 0 Å². The Morgan fingerprint density at radius 3 is 2.76 bits per heavy atom. The average Bonchev–Trinajstić information content (AvgIpc) is 2.65. The van der Waals surface area contributed by atoms with E-state index in [0.29, 0.717) is 25.1 Å². The van der Waals surface area contributed by atoms with Gasteiger partial charge in [-0.05, 0) is 17.7 Å². The van der Waals surface area contributed by atoms with Crippen molar-refractivity contribution in [3.63, 3.8) is 0 Å². The van der Waals surface area contributed by atoms with E-state index in [4.69, 9.17) is 0 Å². The molecule has 2 nitrogen and oxygen atoms in total. The average molecular weight is 237 g/mol. The Labute approximate surface area is 98.5 Å². The normalized spacial score (nSPS) is 19.8. The lowest BCUT2D eigenvalue weighted by atomic mass is 10.1. The summed E-state index contributed by atoms with van der Waals surface area (Å²) in [6.07, 6.45) is 2.20. The Morgan fingerprint density at radius 2 is 2.18 bits per heavy atom. The third kappa shape index (κ3) is 2.52. The summed E-state index contributed by atoms with van der Waals surface area (Å²) < 4.78 is 25.7. The third-order valence-electron chi connectivity index (χ3n) is 2.94. The van der Waals surface area contributed by atoms with Crippen LogP contribution < -0.4 is 0 Å². The molecule has 2 rings (SSSR count). The van der Waals surface area contributed by atoms with E-state index in [1.807, 2.05) is 0 Å². The molecule has 1 aromatic carbocycles. The number of hydrogen-bond donors (Lipinski definition) is 0. The number of rotatable bonds is 3. The van der Waals surface area contributed by atoms with Gasteiger partial charge < -0.3 is 4.90 Å². The van der Waals surface area contributed by atoms with Crippen LogP contribution in [0.5, 0.6) is 0 Å². The quantitative estimate of drug-likeness (QED) is 0.740. The molecule has 0 saturated carbocycles. The van der Waals surface area contributed by atoms with Gasteiger partial charge >= 0.3 is 0 Å². The Bertz CT molecular complexity index is 459. The molecule has 1 aromatic rings. The van der Waals surface area contributed by atoms with Crippen molar-refractivity contribution >= 4 is 5.91 Å². The summed E-state index contributed by atoms with van der Waals surface area (Å²) in [6, 6.07) is 3.70. The number of benzene rings is 1. The highest BCUT2D eigenvalue weighted by molar-refractivity contribution is 5.78. The fraction of sp³-hybridized carbons (Fsp3) is 0.308. The first-order chi connectivity index (χ1) is 8.10. The second kappa shape index (κ2) is 4.65. The minimum atomic E-state index is -0.880. The summed E-state index contributed by atoms with van der Waals surface area (Å²) in [5.41, 5.74) is 0.599. The van der Waals surface area contributed by atoms with Gasteiger partial charge in [-0.3, -0.25) is 4.79 Å². The first-order valence-electron chi connectivity index (χ1n) is 5.44. The fourth-order valence-electron chi connectivity index (χ4n) is 1.97. The van der Waals surface area contributed by atoms with Crippen molar-refractivity contribution in [3.8, 4) is 0 Å². The number of amides is 1. The molecule has 0 N–H and O–H groups in total. The molecule has 0 aromatic heterocycles. The highest BCUT2D eigenvalue weighted by atomic mass is 19.2. The first kappa shape index (κ1) is 11.8. The zero-order valence-electron chi connectivity index (χ0n) is 9.33. The Balaban J connectivity index is 2.08. The summed E-state index contributed by atoms with van der Waals surface area (Å²) >= 11 is 0. The number of nitrogens with zero attached hydrogens (tertiary/aromatic N) is 1. The van der Waals surface area contributed by atoms with Crippen molar-refractivity contribution in [2.45, 2.75) is 13.0 Å². The summed E-state index contributed by atoms with van der Waals surface area (Å²) in [4.78, 5) is 13.2. The van der Waals surface area contributed by atoms with Crippen LogP contribution in [0, 0.1) is 17.6 Å². The van der Waals surface area contributed by atoms with Gasteiger partial charge in [0.05, 0.1) is 0 Å². The minimum absolute atomic E-state index is 0.0274. The topological polar surface area (TPSA) is 20.3 Å². The van der Waals surface area contributed by atoms with E-state index in [1.54, 1.807) is 11.0 Å². The molecule has 0 spiro atoms. The van der Waals surface area contributed by atoms with E-state index in [9.17, 15) is 13.6 Å². The molecular weight excluding hydrogens is 224 g/mol. The molecule has 1 amide bonds. The van der Waals surface area contributed by atoms with Gasteiger partial charge in [0.15, 0.2) is 11.6 Å². The molecule has 1 fully saturated rings. The molecule has 0 radical (unpaired) electrons. The van der Waals surface area contributed by atoms with E-state index in [1.165, 1.54) is 6.07 Å². The van der Waals surface area contributed by atoms with Crippen molar-refractivity contribution < 1.29 is 13.6 Å². The number of hydrogen-bond acceptors (Lipinski definition) is 1. The number of likely N-dealkylation sites (tertiary alicyclic amines) is 1.